The maximum atomic E-state index is 11.7. The van der Waals surface area contributed by atoms with Gasteiger partial charge in [-0.05, 0) is 11.1 Å². The molecule has 2 aromatic rings. The van der Waals surface area contributed by atoms with Gasteiger partial charge in [-0.15, -0.1) is 0 Å². The fourth-order valence-corrected chi connectivity index (χ4v) is 1.60. The number of allylic oxidation sites excluding steroid dienone is 5. The molecule has 1 aliphatic rings. The maximum Gasteiger partial charge on any atom is 2.00 e. The molecule has 0 aliphatic heterocycles. The molecule has 1 aliphatic carbocycles. The minimum Gasteiger partial charge on any atom is -0.872 e. The van der Waals surface area contributed by atoms with Crippen molar-refractivity contribution in [3.05, 3.63) is 96.1 Å². The summed E-state index contributed by atoms with van der Waals surface area (Å²) < 4.78 is 0. The molecule has 0 radical (unpaired) electrons. The Morgan fingerprint density at radius 1 is 0.842 bits per heavy atom. The number of benzene rings is 1. The predicted molar refractivity (Wildman–Crippen MR) is 73.7 cm³/mol. The summed E-state index contributed by atoms with van der Waals surface area (Å²) in [5.74, 6) is 0.0885. The van der Waals surface area contributed by atoms with Gasteiger partial charge in [0.05, 0.1) is 0 Å². The van der Waals surface area contributed by atoms with Gasteiger partial charge in [0.25, 0.3) is 0 Å². The normalized spacial score (nSPS) is 11.5. The van der Waals surface area contributed by atoms with E-state index < -0.39 is 0 Å². The van der Waals surface area contributed by atoms with Crippen molar-refractivity contribution in [1.82, 2.24) is 0 Å². The Morgan fingerprint density at radius 2 is 1.42 bits per heavy atom. The van der Waals surface area contributed by atoms with Crippen LogP contribution in [0.5, 0.6) is 0 Å². The number of hydrogen-bond acceptors (Lipinski definition) is 1. The Labute approximate surface area is 124 Å². The minimum absolute atomic E-state index is 0. The standard InChI is InChI=1S/C12H10O.C5H5.Fe/c13-12(11-8-4-5-9-11)10-6-2-1-3-7-10;1-2-4-5-3-1;/h1-9,13H;1-5H;/q;-1;+2/p-1. The molecule has 0 aromatic heterocycles. The van der Waals surface area contributed by atoms with Crippen molar-refractivity contribution in [2.24, 2.45) is 0 Å². The molecule has 2 aromatic carbocycles. The quantitative estimate of drug-likeness (QED) is 0.449. The SMILES string of the molecule is [Fe+2].[O-]C(=C1C=CC=C1)c1ccccc1.c1cc[cH-]c1. The van der Waals surface area contributed by atoms with Crippen LogP contribution in [0.2, 0.25) is 0 Å². The molecule has 1 nitrogen and oxygen atoms in total. The fraction of sp³-hybridized carbons (Fsp3) is 0. The van der Waals surface area contributed by atoms with Crippen LogP contribution >= 0.6 is 0 Å². The fourth-order valence-electron chi connectivity index (χ4n) is 1.60. The van der Waals surface area contributed by atoms with Crippen LogP contribution in [0, 0.1) is 0 Å². The van der Waals surface area contributed by atoms with Crippen LogP contribution in [0.1, 0.15) is 5.56 Å². The molecule has 0 bridgehead atoms. The van der Waals surface area contributed by atoms with Crippen LogP contribution in [0.3, 0.4) is 0 Å². The van der Waals surface area contributed by atoms with E-state index in [0.29, 0.717) is 0 Å². The van der Waals surface area contributed by atoms with E-state index in [2.05, 4.69) is 0 Å². The van der Waals surface area contributed by atoms with E-state index in [1.165, 1.54) is 0 Å². The van der Waals surface area contributed by atoms with E-state index in [1.54, 1.807) is 0 Å². The molecule has 0 fully saturated rings. The molecule has 0 N–H and O–H groups in total. The Bertz CT molecular complexity index is 517. The summed E-state index contributed by atoms with van der Waals surface area (Å²) >= 11 is 0. The van der Waals surface area contributed by atoms with Crippen molar-refractivity contribution >= 4 is 5.76 Å². The second kappa shape index (κ2) is 8.25. The van der Waals surface area contributed by atoms with Crippen molar-refractivity contribution in [3.63, 3.8) is 0 Å². The van der Waals surface area contributed by atoms with Gasteiger partial charge in [0.15, 0.2) is 0 Å². The van der Waals surface area contributed by atoms with E-state index in [4.69, 9.17) is 0 Å². The topological polar surface area (TPSA) is 23.1 Å². The smallest absolute Gasteiger partial charge is 0.872 e. The predicted octanol–water partition coefficient (Wildman–Crippen LogP) is 3.29. The molecule has 2 heteroatoms. The summed E-state index contributed by atoms with van der Waals surface area (Å²) in [6.07, 6.45) is 7.40. The first-order valence-electron chi connectivity index (χ1n) is 5.86. The summed E-state index contributed by atoms with van der Waals surface area (Å²) in [7, 11) is 0. The number of rotatable bonds is 1. The monoisotopic (exact) mass is 290 g/mol. The molecule has 0 saturated carbocycles. The van der Waals surface area contributed by atoms with E-state index >= 15 is 0 Å². The molecule has 19 heavy (non-hydrogen) atoms. The van der Waals surface area contributed by atoms with Gasteiger partial charge in [-0.2, -0.15) is 18.2 Å². The van der Waals surface area contributed by atoms with Crippen molar-refractivity contribution in [3.8, 4) is 0 Å². The first-order chi connectivity index (χ1) is 8.88. The van der Waals surface area contributed by atoms with Gasteiger partial charge in [0.2, 0.25) is 0 Å². The molecular formula is C17H14FeO. The summed E-state index contributed by atoms with van der Waals surface area (Å²) in [5, 5.41) is 11.7. The van der Waals surface area contributed by atoms with Crippen LogP contribution in [0.15, 0.2) is 90.5 Å². The van der Waals surface area contributed by atoms with Crippen molar-refractivity contribution < 1.29 is 22.2 Å². The third-order valence-corrected chi connectivity index (χ3v) is 2.52. The van der Waals surface area contributed by atoms with E-state index in [-0.39, 0.29) is 22.8 Å². The molecule has 0 amide bonds. The molecule has 0 atom stereocenters. The average Bonchev–Trinajstić information content (AvgIpc) is 3.14. The molecule has 3 rings (SSSR count). The van der Waals surface area contributed by atoms with Gasteiger partial charge < -0.3 is 5.11 Å². The van der Waals surface area contributed by atoms with E-state index in [1.807, 2.05) is 85.0 Å². The summed E-state index contributed by atoms with van der Waals surface area (Å²) in [4.78, 5) is 0. The van der Waals surface area contributed by atoms with Crippen LogP contribution in [0.25, 0.3) is 5.76 Å². The Kier molecular flexibility index (Phi) is 6.59. The average molecular weight is 290 g/mol. The zero-order valence-corrected chi connectivity index (χ0v) is 11.4. The molecular weight excluding hydrogens is 276 g/mol. The molecule has 0 heterocycles. The van der Waals surface area contributed by atoms with Gasteiger partial charge in [0.1, 0.15) is 0 Å². The van der Waals surface area contributed by atoms with Crippen LogP contribution in [0.4, 0.5) is 0 Å². The van der Waals surface area contributed by atoms with Gasteiger partial charge in [-0.25, -0.2) is 12.1 Å². The summed E-state index contributed by atoms with van der Waals surface area (Å²) in [6, 6.07) is 19.3. The largest absolute Gasteiger partial charge is 2.00 e. The molecule has 0 unspecified atom stereocenters. The van der Waals surface area contributed by atoms with Gasteiger partial charge in [0, 0.05) is 0 Å². The van der Waals surface area contributed by atoms with Crippen molar-refractivity contribution in [1.29, 1.82) is 0 Å². The Balaban J connectivity index is 0.000000256. The van der Waals surface area contributed by atoms with E-state index in [0.717, 1.165) is 11.1 Å². The van der Waals surface area contributed by atoms with Crippen molar-refractivity contribution in [2.75, 3.05) is 0 Å². The van der Waals surface area contributed by atoms with Crippen LogP contribution < -0.4 is 5.11 Å². The van der Waals surface area contributed by atoms with Crippen LogP contribution in [-0.2, 0) is 17.1 Å². The van der Waals surface area contributed by atoms with E-state index in [9.17, 15) is 5.11 Å². The summed E-state index contributed by atoms with van der Waals surface area (Å²) in [6.45, 7) is 0. The first-order valence-corrected chi connectivity index (χ1v) is 5.86. The second-order valence-corrected chi connectivity index (χ2v) is 3.83. The molecule has 0 spiro atoms. The Morgan fingerprint density at radius 3 is 1.89 bits per heavy atom. The first kappa shape index (κ1) is 15.2. The Hall–Kier alpha value is -1.89. The second-order valence-electron chi connectivity index (χ2n) is 3.83. The molecule has 0 saturated heterocycles. The number of hydrogen-bond donors (Lipinski definition) is 0. The zero-order chi connectivity index (χ0) is 12.6. The summed E-state index contributed by atoms with van der Waals surface area (Å²) in [5.41, 5.74) is 1.50. The minimum atomic E-state index is 0. The van der Waals surface area contributed by atoms with Crippen molar-refractivity contribution in [2.45, 2.75) is 0 Å². The third kappa shape index (κ3) is 4.70. The van der Waals surface area contributed by atoms with Crippen LogP contribution in [-0.4, -0.2) is 0 Å². The van der Waals surface area contributed by atoms with Gasteiger partial charge in [-0.3, -0.25) is 0 Å². The maximum absolute atomic E-state index is 11.7. The third-order valence-electron chi connectivity index (χ3n) is 2.52. The molecule has 96 valence electrons. The van der Waals surface area contributed by atoms with Gasteiger partial charge >= 0.3 is 17.1 Å². The van der Waals surface area contributed by atoms with Gasteiger partial charge in [-0.1, -0.05) is 60.4 Å². The zero-order valence-electron chi connectivity index (χ0n) is 10.3.